The molecule has 1 atom stereocenters. The molecule has 0 saturated heterocycles. The predicted molar refractivity (Wildman–Crippen MR) is 78.6 cm³/mol. The summed E-state index contributed by atoms with van der Waals surface area (Å²) in [6.45, 7) is 8.96. The summed E-state index contributed by atoms with van der Waals surface area (Å²) in [6, 6.07) is 0.0817. The maximum atomic E-state index is 11.9. The number of aromatic nitrogens is 1. The molecular weight excluding hydrogens is 260 g/mol. The molecule has 1 amide bonds. The molecule has 0 radical (unpaired) electrons. The second-order valence-electron chi connectivity index (χ2n) is 5.70. The van der Waals surface area contributed by atoms with Gasteiger partial charge in [-0.2, -0.15) is 0 Å². The second-order valence-corrected chi connectivity index (χ2v) is 6.56. The van der Waals surface area contributed by atoms with Crippen LogP contribution in [0.15, 0.2) is 5.38 Å². The van der Waals surface area contributed by atoms with Crippen LogP contribution in [-0.2, 0) is 21.4 Å². The van der Waals surface area contributed by atoms with E-state index in [9.17, 15) is 4.79 Å². The normalized spacial score (nSPS) is 13.3. The lowest BCUT2D eigenvalue weighted by molar-refractivity contribution is -0.121. The number of thiazole rings is 1. The van der Waals surface area contributed by atoms with Crippen molar-refractivity contribution in [3.63, 3.8) is 0 Å². The Labute approximate surface area is 119 Å². The first kappa shape index (κ1) is 16.1. The molecule has 5 heteroatoms. The van der Waals surface area contributed by atoms with Gasteiger partial charge in [-0.05, 0) is 6.42 Å². The average Bonchev–Trinajstić information content (AvgIpc) is 2.76. The number of carbonyl (C=O) groups excluding carboxylic acids is 1. The van der Waals surface area contributed by atoms with Crippen molar-refractivity contribution in [2.24, 2.45) is 0 Å². The zero-order valence-electron chi connectivity index (χ0n) is 12.4. The first-order valence-corrected chi connectivity index (χ1v) is 7.48. The van der Waals surface area contributed by atoms with E-state index in [0.29, 0.717) is 13.0 Å². The summed E-state index contributed by atoms with van der Waals surface area (Å²) in [6.07, 6.45) is 1.21. The molecule has 1 aromatic heterocycles. The summed E-state index contributed by atoms with van der Waals surface area (Å²) in [5, 5.41) is 6.00. The summed E-state index contributed by atoms with van der Waals surface area (Å²) in [7, 11) is 1.64. The van der Waals surface area contributed by atoms with Crippen LogP contribution in [0.5, 0.6) is 0 Å². The molecule has 19 heavy (non-hydrogen) atoms. The number of hydrogen-bond donors (Lipinski definition) is 1. The summed E-state index contributed by atoms with van der Waals surface area (Å²) in [5.41, 5.74) is 0.890. The van der Waals surface area contributed by atoms with E-state index in [1.54, 1.807) is 18.4 Å². The highest BCUT2D eigenvalue weighted by Gasteiger charge is 2.19. The molecule has 108 valence electrons. The van der Waals surface area contributed by atoms with E-state index in [4.69, 9.17) is 4.74 Å². The number of nitrogens with zero attached hydrogens (tertiary/aromatic N) is 1. The van der Waals surface area contributed by atoms with Gasteiger partial charge in [-0.25, -0.2) is 4.98 Å². The molecule has 0 spiro atoms. The molecule has 0 saturated carbocycles. The van der Waals surface area contributed by atoms with Crippen LogP contribution < -0.4 is 5.32 Å². The van der Waals surface area contributed by atoms with E-state index in [2.05, 4.69) is 31.1 Å². The molecule has 0 bridgehead atoms. The maximum Gasteiger partial charge on any atom is 0.226 e. The number of amides is 1. The Kier molecular flexibility index (Phi) is 5.94. The van der Waals surface area contributed by atoms with Gasteiger partial charge in [-0.3, -0.25) is 4.79 Å². The van der Waals surface area contributed by atoms with Gasteiger partial charge in [0.15, 0.2) is 0 Å². The number of nitrogens with one attached hydrogen (secondary N) is 1. The van der Waals surface area contributed by atoms with Crippen LogP contribution in [0.2, 0.25) is 0 Å². The van der Waals surface area contributed by atoms with E-state index >= 15 is 0 Å². The molecule has 4 nitrogen and oxygen atoms in total. The highest BCUT2D eigenvalue weighted by Crippen LogP contribution is 2.25. The first-order valence-electron chi connectivity index (χ1n) is 6.60. The quantitative estimate of drug-likeness (QED) is 0.873. The monoisotopic (exact) mass is 284 g/mol. The summed E-state index contributed by atoms with van der Waals surface area (Å²) in [4.78, 5) is 16.4. The zero-order chi connectivity index (χ0) is 14.5. The van der Waals surface area contributed by atoms with Crippen LogP contribution in [0.25, 0.3) is 0 Å². The van der Waals surface area contributed by atoms with Crippen LogP contribution in [0, 0.1) is 0 Å². The molecule has 1 heterocycles. The highest BCUT2D eigenvalue weighted by atomic mass is 32.1. The van der Waals surface area contributed by atoms with E-state index in [0.717, 1.165) is 17.1 Å². The number of methoxy groups -OCH3 is 1. The molecule has 0 aromatic carbocycles. The Bertz CT molecular complexity index is 410. The molecule has 0 unspecified atom stereocenters. The number of hydrogen-bond acceptors (Lipinski definition) is 4. The van der Waals surface area contributed by atoms with Crippen LogP contribution in [0.1, 0.15) is 44.8 Å². The summed E-state index contributed by atoms with van der Waals surface area (Å²) < 4.78 is 5.07. The minimum atomic E-state index is 0.00894. The fourth-order valence-corrected chi connectivity index (χ4v) is 2.55. The van der Waals surface area contributed by atoms with Crippen LogP contribution >= 0.6 is 11.3 Å². The molecular formula is C14H24N2O2S. The Morgan fingerprint density at radius 2 is 2.21 bits per heavy atom. The predicted octanol–water partition coefficient (Wildman–Crippen LogP) is 2.52. The third-order valence-electron chi connectivity index (χ3n) is 2.76. The van der Waals surface area contributed by atoms with Gasteiger partial charge in [-0.1, -0.05) is 27.7 Å². The lowest BCUT2D eigenvalue weighted by atomic mass is 9.98. The van der Waals surface area contributed by atoms with Gasteiger partial charge in [0.25, 0.3) is 0 Å². The van der Waals surface area contributed by atoms with E-state index in [1.165, 1.54) is 0 Å². The highest BCUT2D eigenvalue weighted by molar-refractivity contribution is 7.09. The van der Waals surface area contributed by atoms with Crippen LogP contribution in [0.4, 0.5) is 0 Å². The number of carbonyl (C=O) groups is 1. The van der Waals surface area contributed by atoms with Gasteiger partial charge in [0.2, 0.25) is 5.91 Å². The van der Waals surface area contributed by atoms with Crippen molar-refractivity contribution in [1.82, 2.24) is 10.3 Å². The third-order valence-corrected chi connectivity index (χ3v) is 4.08. The molecule has 1 N–H and O–H groups in total. The van der Waals surface area contributed by atoms with E-state index < -0.39 is 0 Å². The average molecular weight is 284 g/mol. The molecule has 0 aliphatic rings. The molecule has 0 aliphatic carbocycles. The maximum absolute atomic E-state index is 11.9. The van der Waals surface area contributed by atoms with Crippen molar-refractivity contribution < 1.29 is 9.53 Å². The third kappa shape index (κ3) is 5.28. The number of ether oxygens (including phenoxy) is 1. The molecule has 1 rings (SSSR count). The number of rotatable bonds is 6. The van der Waals surface area contributed by atoms with Crippen LogP contribution in [0.3, 0.4) is 0 Å². The SMILES string of the molecule is CC[C@@H](COC)NC(=O)Cc1csc(C(C)(C)C)n1. The van der Waals surface area contributed by atoms with E-state index in [-0.39, 0.29) is 17.4 Å². The Hall–Kier alpha value is -0.940. The van der Waals surface area contributed by atoms with Crippen molar-refractivity contribution >= 4 is 17.2 Å². The van der Waals surface area contributed by atoms with Crippen molar-refractivity contribution in [2.75, 3.05) is 13.7 Å². The van der Waals surface area contributed by atoms with Crippen molar-refractivity contribution in [1.29, 1.82) is 0 Å². The lowest BCUT2D eigenvalue weighted by Gasteiger charge is -2.15. The largest absolute Gasteiger partial charge is 0.383 e. The Morgan fingerprint density at radius 1 is 1.53 bits per heavy atom. The van der Waals surface area contributed by atoms with Gasteiger partial charge < -0.3 is 10.1 Å². The first-order chi connectivity index (χ1) is 8.86. The van der Waals surface area contributed by atoms with Gasteiger partial charge >= 0.3 is 0 Å². The van der Waals surface area contributed by atoms with Gasteiger partial charge in [-0.15, -0.1) is 11.3 Å². The summed E-state index contributed by atoms with van der Waals surface area (Å²) >= 11 is 1.62. The van der Waals surface area contributed by atoms with Gasteiger partial charge in [0, 0.05) is 17.9 Å². The van der Waals surface area contributed by atoms with Crippen molar-refractivity contribution in [3.05, 3.63) is 16.1 Å². The van der Waals surface area contributed by atoms with E-state index in [1.807, 2.05) is 12.3 Å². The zero-order valence-corrected chi connectivity index (χ0v) is 13.3. The topological polar surface area (TPSA) is 51.2 Å². The molecule has 0 aliphatic heterocycles. The lowest BCUT2D eigenvalue weighted by Crippen LogP contribution is -2.38. The molecule has 1 aromatic rings. The van der Waals surface area contributed by atoms with Crippen molar-refractivity contribution in [2.45, 2.75) is 52.0 Å². The second kappa shape index (κ2) is 7.01. The van der Waals surface area contributed by atoms with Crippen molar-refractivity contribution in [3.8, 4) is 0 Å². The Balaban J connectivity index is 2.55. The fourth-order valence-electron chi connectivity index (χ4n) is 1.64. The Morgan fingerprint density at radius 3 is 2.68 bits per heavy atom. The fraction of sp³-hybridized carbons (Fsp3) is 0.714. The minimum Gasteiger partial charge on any atom is -0.383 e. The van der Waals surface area contributed by atoms with Gasteiger partial charge in [0.05, 0.1) is 29.8 Å². The minimum absolute atomic E-state index is 0.00894. The molecule has 0 fully saturated rings. The smallest absolute Gasteiger partial charge is 0.226 e. The summed E-state index contributed by atoms with van der Waals surface area (Å²) in [5.74, 6) is 0.00894. The van der Waals surface area contributed by atoms with Crippen LogP contribution in [-0.4, -0.2) is 30.6 Å². The van der Waals surface area contributed by atoms with Gasteiger partial charge in [0.1, 0.15) is 0 Å². The standard InChI is InChI=1S/C14H24N2O2S/c1-6-10(8-18-5)15-12(17)7-11-9-19-13(16-11)14(2,3)4/h9-10H,6-8H2,1-5H3,(H,15,17)/t10-/m0/s1.